The molecule has 2 atom stereocenters. The molecule has 0 radical (unpaired) electrons. The Kier molecular flexibility index (Phi) is 6.85. The first-order valence-corrected chi connectivity index (χ1v) is 9.61. The van der Waals surface area contributed by atoms with Gasteiger partial charge < -0.3 is 15.2 Å². The van der Waals surface area contributed by atoms with Crippen LogP contribution in [0.25, 0.3) is 0 Å². The van der Waals surface area contributed by atoms with Gasteiger partial charge in [0.2, 0.25) is 0 Å². The predicted molar refractivity (Wildman–Crippen MR) is 106 cm³/mol. The van der Waals surface area contributed by atoms with Crippen molar-refractivity contribution in [3.05, 3.63) is 65.7 Å². The van der Waals surface area contributed by atoms with Gasteiger partial charge in [0.15, 0.2) is 0 Å². The van der Waals surface area contributed by atoms with Crippen molar-refractivity contribution in [1.82, 2.24) is 10.2 Å². The average molecular weight is 368 g/mol. The lowest BCUT2D eigenvalue weighted by atomic mass is 9.91. The zero-order valence-corrected chi connectivity index (χ0v) is 15.8. The zero-order valence-electron chi connectivity index (χ0n) is 15.8. The molecule has 5 nitrogen and oxygen atoms in total. The van der Waals surface area contributed by atoms with Gasteiger partial charge in [-0.2, -0.15) is 0 Å². The summed E-state index contributed by atoms with van der Waals surface area (Å²) in [6, 6.07) is 17.2. The van der Waals surface area contributed by atoms with Crippen LogP contribution in [-0.4, -0.2) is 48.3 Å². The van der Waals surface area contributed by atoms with E-state index in [9.17, 15) is 9.90 Å². The molecule has 2 N–H and O–H groups in total. The quantitative estimate of drug-likeness (QED) is 0.789. The lowest BCUT2D eigenvalue weighted by Gasteiger charge is -2.38. The first kappa shape index (κ1) is 19.4. The number of amides is 1. The molecule has 1 aliphatic rings. The molecule has 0 unspecified atom stereocenters. The van der Waals surface area contributed by atoms with Crippen molar-refractivity contribution >= 4 is 5.91 Å². The fourth-order valence-electron chi connectivity index (χ4n) is 3.61. The Morgan fingerprint density at radius 3 is 2.67 bits per heavy atom. The number of carbonyl (C=O) groups excluding carboxylic acids is 1. The normalized spacial score (nSPS) is 20.2. The van der Waals surface area contributed by atoms with E-state index in [-0.39, 0.29) is 24.5 Å². The van der Waals surface area contributed by atoms with Gasteiger partial charge in [-0.3, -0.25) is 9.69 Å². The summed E-state index contributed by atoms with van der Waals surface area (Å²) in [5.41, 5.74) is 1.79. The van der Waals surface area contributed by atoms with Crippen LogP contribution in [0.2, 0.25) is 0 Å². The van der Waals surface area contributed by atoms with Crippen LogP contribution in [0.1, 0.15) is 29.3 Å². The highest BCUT2D eigenvalue weighted by Crippen LogP contribution is 2.24. The van der Waals surface area contributed by atoms with Crippen LogP contribution in [-0.2, 0) is 6.54 Å². The number of para-hydroxylation sites is 1. The molecule has 5 heteroatoms. The van der Waals surface area contributed by atoms with Crippen molar-refractivity contribution in [2.24, 2.45) is 5.92 Å². The van der Waals surface area contributed by atoms with Crippen LogP contribution in [0.15, 0.2) is 54.6 Å². The van der Waals surface area contributed by atoms with E-state index in [1.165, 1.54) is 0 Å². The molecule has 1 aliphatic heterocycles. The molecule has 3 rings (SSSR count). The van der Waals surface area contributed by atoms with Gasteiger partial charge in [-0.25, -0.2) is 0 Å². The van der Waals surface area contributed by atoms with E-state index in [4.69, 9.17) is 4.74 Å². The standard InChI is InChI=1S/C22H28N2O3/c1-2-27-21-11-7-6-10-18(21)14-24-13-12-19(16-25)20(15-24)23-22(26)17-8-4-3-5-9-17/h3-11,19-20,25H,2,12-16H2,1H3,(H,23,26)/t19-,20-/m1/s1. The fourth-order valence-corrected chi connectivity index (χ4v) is 3.61. The smallest absolute Gasteiger partial charge is 0.251 e. The Hall–Kier alpha value is -2.37. The van der Waals surface area contributed by atoms with Gasteiger partial charge in [-0.15, -0.1) is 0 Å². The molecule has 1 heterocycles. The van der Waals surface area contributed by atoms with E-state index in [0.717, 1.165) is 30.8 Å². The summed E-state index contributed by atoms with van der Waals surface area (Å²) < 4.78 is 5.73. The highest BCUT2D eigenvalue weighted by atomic mass is 16.5. The Morgan fingerprint density at radius 1 is 1.19 bits per heavy atom. The number of carbonyl (C=O) groups is 1. The molecule has 27 heavy (non-hydrogen) atoms. The van der Waals surface area contributed by atoms with E-state index in [1.807, 2.05) is 55.5 Å². The first-order valence-electron chi connectivity index (χ1n) is 9.61. The molecule has 2 aromatic carbocycles. The maximum Gasteiger partial charge on any atom is 0.251 e. The van der Waals surface area contributed by atoms with Crippen LogP contribution >= 0.6 is 0 Å². The zero-order chi connectivity index (χ0) is 19.1. The van der Waals surface area contributed by atoms with Gasteiger partial charge in [-0.05, 0) is 38.1 Å². The van der Waals surface area contributed by atoms with Crippen molar-refractivity contribution in [3.8, 4) is 5.75 Å². The third kappa shape index (κ3) is 5.08. The second-order valence-corrected chi connectivity index (χ2v) is 6.95. The first-order chi connectivity index (χ1) is 13.2. The number of likely N-dealkylation sites (tertiary alicyclic amines) is 1. The summed E-state index contributed by atoms with van der Waals surface area (Å²) in [6.45, 7) is 5.08. The number of benzene rings is 2. The highest BCUT2D eigenvalue weighted by Gasteiger charge is 2.30. The van der Waals surface area contributed by atoms with E-state index < -0.39 is 0 Å². The summed E-state index contributed by atoms with van der Waals surface area (Å²) in [5.74, 6) is 0.904. The molecule has 0 aliphatic carbocycles. The summed E-state index contributed by atoms with van der Waals surface area (Å²) in [5, 5.41) is 12.9. The summed E-state index contributed by atoms with van der Waals surface area (Å²) in [4.78, 5) is 14.9. The van der Waals surface area contributed by atoms with Crippen molar-refractivity contribution in [1.29, 1.82) is 0 Å². The van der Waals surface area contributed by atoms with Crippen molar-refractivity contribution < 1.29 is 14.6 Å². The minimum absolute atomic E-state index is 0.0734. The highest BCUT2D eigenvalue weighted by molar-refractivity contribution is 5.94. The molecule has 1 saturated heterocycles. The summed E-state index contributed by atoms with van der Waals surface area (Å²) in [7, 11) is 0. The predicted octanol–water partition coefficient (Wildman–Crippen LogP) is 2.70. The number of rotatable bonds is 7. The van der Waals surface area contributed by atoms with Crippen molar-refractivity contribution in [2.45, 2.75) is 25.9 Å². The van der Waals surface area contributed by atoms with Crippen molar-refractivity contribution in [3.63, 3.8) is 0 Å². The lowest BCUT2D eigenvalue weighted by Crippen LogP contribution is -2.53. The molecule has 1 fully saturated rings. The van der Waals surface area contributed by atoms with Gasteiger partial charge >= 0.3 is 0 Å². The Bertz CT molecular complexity index is 735. The number of hydrogen-bond donors (Lipinski definition) is 2. The maximum absolute atomic E-state index is 12.5. The van der Waals surface area contributed by atoms with Gasteiger partial charge in [0.25, 0.3) is 5.91 Å². The van der Waals surface area contributed by atoms with Crippen LogP contribution in [0.5, 0.6) is 5.75 Å². The number of aliphatic hydroxyl groups is 1. The second-order valence-electron chi connectivity index (χ2n) is 6.95. The average Bonchev–Trinajstić information content (AvgIpc) is 2.70. The van der Waals surface area contributed by atoms with Gasteiger partial charge in [0.05, 0.1) is 6.61 Å². The Labute approximate surface area is 161 Å². The number of nitrogens with zero attached hydrogens (tertiary/aromatic N) is 1. The monoisotopic (exact) mass is 368 g/mol. The van der Waals surface area contributed by atoms with Crippen LogP contribution in [0, 0.1) is 5.92 Å². The van der Waals surface area contributed by atoms with Crippen LogP contribution in [0.3, 0.4) is 0 Å². The molecule has 0 saturated carbocycles. The SMILES string of the molecule is CCOc1ccccc1CN1CC[C@H](CO)[C@H](NC(=O)c2ccccc2)C1. The Balaban J connectivity index is 1.67. The third-order valence-corrected chi connectivity index (χ3v) is 5.09. The largest absolute Gasteiger partial charge is 0.494 e. The van der Waals surface area contributed by atoms with Gasteiger partial charge in [0.1, 0.15) is 5.75 Å². The topological polar surface area (TPSA) is 61.8 Å². The molecular weight excluding hydrogens is 340 g/mol. The Morgan fingerprint density at radius 2 is 1.93 bits per heavy atom. The van der Waals surface area contributed by atoms with E-state index in [1.54, 1.807) is 0 Å². The van der Waals surface area contributed by atoms with Crippen molar-refractivity contribution in [2.75, 3.05) is 26.3 Å². The maximum atomic E-state index is 12.5. The van der Waals surface area contributed by atoms with E-state index in [2.05, 4.69) is 16.3 Å². The molecule has 1 amide bonds. The number of aliphatic hydroxyl groups excluding tert-OH is 1. The molecule has 2 aromatic rings. The molecule has 0 bridgehead atoms. The summed E-state index contributed by atoms with van der Waals surface area (Å²) >= 11 is 0. The number of hydrogen-bond acceptors (Lipinski definition) is 4. The molecule has 0 aromatic heterocycles. The molecular formula is C22H28N2O3. The second kappa shape index (κ2) is 9.53. The minimum Gasteiger partial charge on any atom is -0.494 e. The third-order valence-electron chi connectivity index (χ3n) is 5.09. The van der Waals surface area contributed by atoms with E-state index in [0.29, 0.717) is 18.7 Å². The molecule has 144 valence electrons. The van der Waals surface area contributed by atoms with Crippen LogP contribution in [0.4, 0.5) is 0 Å². The lowest BCUT2D eigenvalue weighted by molar-refractivity contribution is 0.0728. The molecule has 0 spiro atoms. The summed E-state index contributed by atoms with van der Waals surface area (Å²) in [6.07, 6.45) is 0.854. The van der Waals surface area contributed by atoms with Gasteiger partial charge in [-0.1, -0.05) is 36.4 Å². The minimum atomic E-state index is -0.0874. The van der Waals surface area contributed by atoms with E-state index >= 15 is 0 Å². The number of nitrogens with one attached hydrogen (secondary N) is 1. The fraction of sp³-hybridized carbons (Fsp3) is 0.409. The number of piperidine rings is 1. The number of ether oxygens (including phenoxy) is 1. The van der Waals surface area contributed by atoms with Crippen LogP contribution < -0.4 is 10.1 Å². The van der Waals surface area contributed by atoms with Gasteiger partial charge in [0, 0.05) is 42.8 Å².